The largest absolute Gasteiger partial charge is 0.389 e. The topological polar surface area (TPSA) is 78.9 Å². The van der Waals surface area contributed by atoms with E-state index in [1.165, 1.54) is 0 Å². The molecule has 0 aliphatic carbocycles. The van der Waals surface area contributed by atoms with Crippen LogP contribution in [-0.4, -0.2) is 46.7 Å². The summed E-state index contributed by atoms with van der Waals surface area (Å²) < 4.78 is 6.09. The molecule has 1 aliphatic rings. The van der Waals surface area contributed by atoms with Gasteiger partial charge in [-0.05, 0) is 31.4 Å². The van der Waals surface area contributed by atoms with Crippen LogP contribution in [0.2, 0.25) is 0 Å². The summed E-state index contributed by atoms with van der Waals surface area (Å²) >= 11 is 0. The fraction of sp³-hybridized carbons (Fsp3) is 0.440. The van der Waals surface area contributed by atoms with E-state index in [1.54, 1.807) is 6.92 Å². The standard InChI is InChI=1S/C25H32N2O4/c1-4-5-15-25(3)23(29)27(24(30)26-25)16-21(28)17-31-22(19-9-7-6-8-10-19)20-13-11-18(2)12-14-20/h6-14,21-22,28H,4-5,15-17H2,1-3H3,(H,26,30). The molecule has 1 fully saturated rings. The number of β-amino-alcohol motifs (C(OH)–C–C–N with tert-alkyl or cyclic N) is 1. The van der Waals surface area contributed by atoms with Gasteiger partial charge in [0, 0.05) is 0 Å². The molecule has 2 aromatic carbocycles. The number of nitrogens with one attached hydrogen (secondary N) is 1. The molecule has 1 saturated heterocycles. The second-order valence-corrected chi connectivity index (χ2v) is 8.47. The Balaban J connectivity index is 1.66. The van der Waals surface area contributed by atoms with E-state index in [-0.39, 0.29) is 25.2 Å². The van der Waals surface area contributed by atoms with Crippen LogP contribution in [0.4, 0.5) is 4.79 Å². The van der Waals surface area contributed by atoms with Gasteiger partial charge in [0.05, 0.1) is 19.3 Å². The SMILES string of the molecule is CCCCC1(C)NC(=O)N(CC(O)COC(c2ccccc2)c2ccc(C)cc2)C1=O. The Morgan fingerprint density at radius 1 is 1.06 bits per heavy atom. The molecule has 3 atom stereocenters. The summed E-state index contributed by atoms with van der Waals surface area (Å²) in [5, 5.41) is 13.4. The Bertz CT molecular complexity index is 884. The Morgan fingerprint density at radius 3 is 2.35 bits per heavy atom. The van der Waals surface area contributed by atoms with Crippen molar-refractivity contribution < 1.29 is 19.4 Å². The first-order valence-corrected chi connectivity index (χ1v) is 10.9. The Hall–Kier alpha value is -2.70. The smallest absolute Gasteiger partial charge is 0.325 e. The van der Waals surface area contributed by atoms with Gasteiger partial charge in [-0.15, -0.1) is 0 Å². The number of benzene rings is 2. The summed E-state index contributed by atoms with van der Waals surface area (Å²) in [5.41, 5.74) is 2.20. The minimum atomic E-state index is -0.986. The third kappa shape index (κ3) is 5.51. The zero-order valence-corrected chi connectivity index (χ0v) is 18.5. The Kier molecular flexibility index (Phi) is 7.46. The highest BCUT2D eigenvalue weighted by molar-refractivity contribution is 6.06. The molecule has 3 rings (SSSR count). The van der Waals surface area contributed by atoms with E-state index in [0.29, 0.717) is 6.42 Å². The number of aryl methyl sites for hydroxylation is 1. The molecular formula is C25H32N2O4. The van der Waals surface area contributed by atoms with Gasteiger partial charge in [0.1, 0.15) is 11.6 Å². The number of carbonyl (C=O) groups excluding carboxylic acids is 2. The van der Waals surface area contributed by atoms with Gasteiger partial charge in [-0.25, -0.2) is 4.79 Å². The highest BCUT2D eigenvalue weighted by Crippen LogP contribution is 2.27. The van der Waals surface area contributed by atoms with E-state index in [9.17, 15) is 14.7 Å². The summed E-state index contributed by atoms with van der Waals surface area (Å²) in [6.07, 6.45) is 1.03. The maximum absolute atomic E-state index is 12.8. The molecule has 3 unspecified atom stereocenters. The second-order valence-electron chi connectivity index (χ2n) is 8.47. The lowest BCUT2D eigenvalue weighted by molar-refractivity contribution is -0.132. The quantitative estimate of drug-likeness (QED) is 0.566. The minimum absolute atomic E-state index is 0.00380. The number of amides is 3. The van der Waals surface area contributed by atoms with Crippen molar-refractivity contribution in [2.24, 2.45) is 0 Å². The maximum atomic E-state index is 12.8. The van der Waals surface area contributed by atoms with Gasteiger partial charge < -0.3 is 15.2 Å². The molecule has 1 aliphatic heterocycles. The van der Waals surface area contributed by atoms with Crippen molar-refractivity contribution in [3.05, 3.63) is 71.3 Å². The summed E-state index contributed by atoms with van der Waals surface area (Å²) in [6, 6.07) is 17.4. The number of nitrogens with zero attached hydrogens (tertiary/aromatic N) is 1. The maximum Gasteiger partial charge on any atom is 0.325 e. The van der Waals surface area contributed by atoms with Crippen LogP contribution in [0.25, 0.3) is 0 Å². The number of carbonyl (C=O) groups is 2. The van der Waals surface area contributed by atoms with Crippen LogP contribution in [0.3, 0.4) is 0 Å². The van der Waals surface area contributed by atoms with Crippen LogP contribution < -0.4 is 5.32 Å². The van der Waals surface area contributed by atoms with Gasteiger partial charge in [-0.3, -0.25) is 9.69 Å². The lowest BCUT2D eigenvalue weighted by Crippen LogP contribution is -2.44. The van der Waals surface area contributed by atoms with Crippen LogP contribution in [-0.2, 0) is 9.53 Å². The van der Waals surface area contributed by atoms with E-state index < -0.39 is 17.7 Å². The predicted molar refractivity (Wildman–Crippen MR) is 120 cm³/mol. The zero-order valence-electron chi connectivity index (χ0n) is 18.5. The Morgan fingerprint density at radius 2 is 1.71 bits per heavy atom. The van der Waals surface area contributed by atoms with Crippen molar-refractivity contribution in [1.29, 1.82) is 0 Å². The molecule has 3 amide bonds. The molecule has 6 nitrogen and oxygen atoms in total. The average Bonchev–Trinajstić information content (AvgIpc) is 2.97. The van der Waals surface area contributed by atoms with Gasteiger partial charge in [-0.2, -0.15) is 0 Å². The van der Waals surface area contributed by atoms with E-state index in [1.807, 2.05) is 68.4 Å². The summed E-state index contributed by atoms with van der Waals surface area (Å²) in [5.74, 6) is -0.289. The third-order valence-corrected chi connectivity index (χ3v) is 5.71. The van der Waals surface area contributed by atoms with Gasteiger partial charge in [0.25, 0.3) is 5.91 Å². The molecule has 6 heteroatoms. The monoisotopic (exact) mass is 424 g/mol. The second kappa shape index (κ2) is 10.1. The van der Waals surface area contributed by atoms with Gasteiger partial charge in [0.15, 0.2) is 0 Å². The zero-order chi connectivity index (χ0) is 22.4. The lowest BCUT2D eigenvalue weighted by atomic mass is 9.95. The number of imide groups is 1. The molecule has 1 heterocycles. The van der Waals surface area contributed by atoms with E-state index in [0.717, 1.165) is 34.4 Å². The number of aliphatic hydroxyl groups is 1. The van der Waals surface area contributed by atoms with Crippen molar-refractivity contribution in [2.45, 2.75) is 57.8 Å². The van der Waals surface area contributed by atoms with E-state index >= 15 is 0 Å². The molecule has 2 aromatic rings. The molecule has 2 N–H and O–H groups in total. The number of aliphatic hydroxyl groups excluding tert-OH is 1. The normalized spacial score (nSPS) is 20.6. The molecular weight excluding hydrogens is 392 g/mol. The van der Waals surface area contributed by atoms with Crippen LogP contribution >= 0.6 is 0 Å². The van der Waals surface area contributed by atoms with Crippen LogP contribution in [0, 0.1) is 6.92 Å². The van der Waals surface area contributed by atoms with E-state index in [2.05, 4.69) is 5.32 Å². The van der Waals surface area contributed by atoms with Crippen molar-refractivity contribution in [2.75, 3.05) is 13.2 Å². The molecule has 0 aromatic heterocycles. The summed E-state index contributed by atoms with van der Waals surface area (Å²) in [7, 11) is 0. The summed E-state index contributed by atoms with van der Waals surface area (Å²) in [6.45, 7) is 5.71. The van der Waals surface area contributed by atoms with Gasteiger partial charge in [-0.1, -0.05) is 79.9 Å². The molecule has 0 bridgehead atoms. The first-order valence-electron chi connectivity index (χ1n) is 10.9. The first kappa shape index (κ1) is 23.0. The fourth-order valence-electron chi connectivity index (χ4n) is 3.84. The predicted octanol–water partition coefficient (Wildman–Crippen LogP) is 3.96. The van der Waals surface area contributed by atoms with Crippen LogP contribution in [0.15, 0.2) is 54.6 Å². The first-order chi connectivity index (χ1) is 14.8. The number of hydrogen-bond donors (Lipinski definition) is 2. The number of urea groups is 1. The van der Waals surface area contributed by atoms with Crippen LogP contribution in [0.1, 0.15) is 55.9 Å². The number of rotatable bonds is 10. The van der Waals surface area contributed by atoms with Crippen molar-refractivity contribution in [3.8, 4) is 0 Å². The third-order valence-electron chi connectivity index (χ3n) is 5.71. The number of unbranched alkanes of at least 4 members (excludes halogenated alkanes) is 1. The average molecular weight is 425 g/mol. The van der Waals surface area contributed by atoms with Crippen molar-refractivity contribution in [1.82, 2.24) is 10.2 Å². The lowest BCUT2D eigenvalue weighted by Gasteiger charge is -2.24. The molecule has 166 valence electrons. The highest BCUT2D eigenvalue weighted by atomic mass is 16.5. The number of ether oxygens (including phenoxy) is 1. The van der Waals surface area contributed by atoms with E-state index in [4.69, 9.17) is 4.74 Å². The highest BCUT2D eigenvalue weighted by Gasteiger charge is 2.47. The molecule has 31 heavy (non-hydrogen) atoms. The molecule has 0 radical (unpaired) electrons. The fourth-order valence-corrected chi connectivity index (χ4v) is 3.84. The van der Waals surface area contributed by atoms with Crippen LogP contribution in [0.5, 0.6) is 0 Å². The molecule has 0 spiro atoms. The summed E-state index contributed by atoms with van der Waals surface area (Å²) in [4.78, 5) is 26.2. The van der Waals surface area contributed by atoms with Gasteiger partial charge >= 0.3 is 6.03 Å². The van der Waals surface area contributed by atoms with Gasteiger partial charge in [0.2, 0.25) is 0 Å². The number of hydrogen-bond acceptors (Lipinski definition) is 4. The Labute approximate surface area is 184 Å². The van der Waals surface area contributed by atoms with Crippen molar-refractivity contribution >= 4 is 11.9 Å². The van der Waals surface area contributed by atoms with Crippen molar-refractivity contribution in [3.63, 3.8) is 0 Å². The minimum Gasteiger partial charge on any atom is -0.389 e. The molecule has 0 saturated carbocycles.